The van der Waals surface area contributed by atoms with Gasteiger partial charge in [-0.05, 0) is 98.9 Å². The molecule has 2 aliphatic carbocycles. The molecule has 0 N–H and O–H groups in total. The highest BCUT2D eigenvalue weighted by Crippen LogP contribution is 2.28. The zero-order valence-corrected chi connectivity index (χ0v) is 14.2. The average Bonchev–Trinajstić information content (AvgIpc) is 3.26. The number of hydrogen-bond acceptors (Lipinski definition) is 0. The van der Waals surface area contributed by atoms with Gasteiger partial charge in [0.25, 0.3) is 0 Å². The Morgan fingerprint density at radius 3 is 1.38 bits per heavy atom. The molecule has 0 aliphatic heterocycles. The largest absolute Gasteiger partial charge is 0.321 e. The molecule has 2 aromatic heterocycles. The summed E-state index contributed by atoms with van der Waals surface area (Å²) in [5.41, 5.74) is 8.72. The van der Waals surface area contributed by atoms with Crippen molar-refractivity contribution in [2.45, 2.75) is 51.4 Å². The molecule has 0 radical (unpaired) electrons. The standard InChI is InChI=1S/C22H24N2/c1-3-7-21-17(5-1)13-15-23(21)19-9-11-20(12-10-19)24-16-14-18-6-2-4-8-22(18)24/h9-16H,1-8H2. The van der Waals surface area contributed by atoms with Gasteiger partial charge in [-0.3, -0.25) is 0 Å². The lowest BCUT2D eigenvalue weighted by atomic mass is 9.98. The minimum atomic E-state index is 1.22. The van der Waals surface area contributed by atoms with Gasteiger partial charge in [0, 0.05) is 35.2 Å². The van der Waals surface area contributed by atoms with Crippen LogP contribution in [-0.4, -0.2) is 9.13 Å². The topological polar surface area (TPSA) is 9.86 Å². The second kappa shape index (κ2) is 5.70. The summed E-state index contributed by atoms with van der Waals surface area (Å²) in [5, 5.41) is 0. The molecule has 2 heterocycles. The Kier molecular flexibility index (Phi) is 3.36. The first kappa shape index (κ1) is 14.2. The van der Waals surface area contributed by atoms with Crippen molar-refractivity contribution in [1.29, 1.82) is 0 Å². The number of aromatic nitrogens is 2. The minimum Gasteiger partial charge on any atom is -0.321 e. The first-order chi connectivity index (χ1) is 11.9. The fourth-order valence-electron chi connectivity index (χ4n) is 4.50. The van der Waals surface area contributed by atoms with Crippen molar-refractivity contribution in [2.75, 3.05) is 0 Å². The van der Waals surface area contributed by atoms with Crippen molar-refractivity contribution < 1.29 is 0 Å². The van der Waals surface area contributed by atoms with E-state index in [2.05, 4.69) is 57.9 Å². The molecule has 3 aromatic rings. The third-order valence-electron chi connectivity index (χ3n) is 5.80. The summed E-state index contributed by atoms with van der Waals surface area (Å²) in [5.74, 6) is 0. The van der Waals surface area contributed by atoms with Gasteiger partial charge in [-0.1, -0.05) is 0 Å². The molecule has 0 saturated carbocycles. The smallest absolute Gasteiger partial charge is 0.0453 e. The molecule has 2 aliphatic rings. The molecule has 5 rings (SSSR count). The molecule has 2 heteroatoms. The van der Waals surface area contributed by atoms with Crippen LogP contribution in [0.3, 0.4) is 0 Å². The maximum Gasteiger partial charge on any atom is 0.0453 e. The molecule has 0 spiro atoms. The van der Waals surface area contributed by atoms with Crippen molar-refractivity contribution in [3.63, 3.8) is 0 Å². The second-order valence-electron chi connectivity index (χ2n) is 7.25. The Balaban J connectivity index is 1.50. The third-order valence-corrected chi connectivity index (χ3v) is 5.80. The summed E-state index contributed by atoms with van der Waals surface area (Å²) in [6.07, 6.45) is 14.8. The van der Waals surface area contributed by atoms with Crippen molar-refractivity contribution in [2.24, 2.45) is 0 Å². The zero-order valence-electron chi connectivity index (χ0n) is 14.2. The Morgan fingerprint density at radius 2 is 0.917 bits per heavy atom. The van der Waals surface area contributed by atoms with E-state index in [1.807, 2.05) is 0 Å². The van der Waals surface area contributed by atoms with E-state index in [1.54, 1.807) is 11.1 Å². The van der Waals surface area contributed by atoms with E-state index in [0.717, 1.165) is 0 Å². The van der Waals surface area contributed by atoms with Gasteiger partial charge in [0.05, 0.1) is 0 Å². The summed E-state index contributed by atoms with van der Waals surface area (Å²) in [7, 11) is 0. The molecule has 0 atom stereocenters. The number of rotatable bonds is 2. The van der Waals surface area contributed by atoms with E-state index in [9.17, 15) is 0 Å². The lowest BCUT2D eigenvalue weighted by Crippen LogP contribution is -2.08. The average molecular weight is 316 g/mol. The molecule has 0 bridgehead atoms. The van der Waals surface area contributed by atoms with E-state index >= 15 is 0 Å². The maximum atomic E-state index is 2.39. The second-order valence-corrected chi connectivity index (χ2v) is 7.25. The van der Waals surface area contributed by atoms with Gasteiger partial charge >= 0.3 is 0 Å². The van der Waals surface area contributed by atoms with Crippen LogP contribution in [0.1, 0.15) is 48.2 Å². The van der Waals surface area contributed by atoms with Gasteiger partial charge in [0.15, 0.2) is 0 Å². The van der Waals surface area contributed by atoms with E-state index < -0.39 is 0 Å². The molecular weight excluding hydrogens is 292 g/mol. The summed E-state index contributed by atoms with van der Waals surface area (Å²) < 4.78 is 4.78. The Hall–Kier alpha value is -2.22. The summed E-state index contributed by atoms with van der Waals surface area (Å²) in [6.45, 7) is 0. The van der Waals surface area contributed by atoms with Crippen molar-refractivity contribution in [1.82, 2.24) is 9.13 Å². The lowest BCUT2D eigenvalue weighted by molar-refractivity contribution is 0.662. The van der Waals surface area contributed by atoms with Gasteiger partial charge < -0.3 is 9.13 Å². The van der Waals surface area contributed by atoms with Crippen molar-refractivity contribution >= 4 is 0 Å². The predicted octanol–water partition coefficient (Wildman–Crippen LogP) is 5.03. The molecule has 1 aromatic carbocycles. The summed E-state index contributed by atoms with van der Waals surface area (Å²) in [4.78, 5) is 0. The Labute approximate surface area is 143 Å². The van der Waals surface area contributed by atoms with Crippen LogP contribution in [0.5, 0.6) is 0 Å². The van der Waals surface area contributed by atoms with Crippen molar-refractivity contribution in [3.8, 4) is 11.4 Å². The van der Waals surface area contributed by atoms with Crippen LogP contribution in [0.25, 0.3) is 11.4 Å². The third kappa shape index (κ3) is 2.24. The Bertz CT molecular complexity index is 791. The molecule has 0 fully saturated rings. The molecule has 0 amide bonds. The lowest BCUT2D eigenvalue weighted by Gasteiger charge is -2.17. The number of benzene rings is 1. The van der Waals surface area contributed by atoms with E-state index in [4.69, 9.17) is 0 Å². The van der Waals surface area contributed by atoms with Crippen LogP contribution in [-0.2, 0) is 25.7 Å². The fourth-order valence-corrected chi connectivity index (χ4v) is 4.50. The van der Waals surface area contributed by atoms with Crippen LogP contribution in [0, 0.1) is 0 Å². The predicted molar refractivity (Wildman–Crippen MR) is 98.4 cm³/mol. The highest BCUT2D eigenvalue weighted by Gasteiger charge is 2.16. The van der Waals surface area contributed by atoms with Crippen LogP contribution < -0.4 is 0 Å². The number of nitrogens with zero attached hydrogens (tertiary/aromatic N) is 2. The van der Waals surface area contributed by atoms with Crippen LogP contribution >= 0.6 is 0 Å². The number of fused-ring (bicyclic) bond motifs is 2. The molecular formula is C22H24N2. The van der Waals surface area contributed by atoms with E-state index in [1.165, 1.54) is 74.1 Å². The maximum absolute atomic E-state index is 2.39. The Morgan fingerprint density at radius 1 is 0.500 bits per heavy atom. The minimum absolute atomic E-state index is 1.22. The van der Waals surface area contributed by atoms with Crippen LogP contribution in [0.2, 0.25) is 0 Å². The zero-order chi connectivity index (χ0) is 15.9. The van der Waals surface area contributed by atoms with Gasteiger partial charge in [-0.25, -0.2) is 0 Å². The van der Waals surface area contributed by atoms with Gasteiger partial charge in [-0.2, -0.15) is 0 Å². The van der Waals surface area contributed by atoms with Gasteiger partial charge in [0.2, 0.25) is 0 Å². The van der Waals surface area contributed by atoms with E-state index in [-0.39, 0.29) is 0 Å². The molecule has 0 saturated heterocycles. The summed E-state index contributed by atoms with van der Waals surface area (Å²) >= 11 is 0. The fraction of sp³-hybridized carbons (Fsp3) is 0.364. The monoisotopic (exact) mass is 316 g/mol. The first-order valence-corrected chi connectivity index (χ1v) is 9.39. The SMILES string of the molecule is c1cc(-n2ccc3c2CCCC3)ccc1-n1ccc2c1CCCC2. The molecule has 24 heavy (non-hydrogen) atoms. The van der Waals surface area contributed by atoms with Crippen LogP contribution in [0.4, 0.5) is 0 Å². The quantitative estimate of drug-likeness (QED) is 0.628. The highest BCUT2D eigenvalue weighted by atomic mass is 15.0. The molecule has 0 unspecified atom stereocenters. The molecule has 2 nitrogen and oxygen atoms in total. The normalized spacial score (nSPS) is 16.7. The summed E-state index contributed by atoms with van der Waals surface area (Å²) in [6, 6.07) is 13.7. The van der Waals surface area contributed by atoms with Gasteiger partial charge in [0.1, 0.15) is 0 Å². The molecule has 122 valence electrons. The van der Waals surface area contributed by atoms with Crippen molar-refractivity contribution in [3.05, 3.63) is 71.3 Å². The van der Waals surface area contributed by atoms with E-state index in [0.29, 0.717) is 0 Å². The highest BCUT2D eigenvalue weighted by molar-refractivity contribution is 5.46. The number of hydrogen-bond donors (Lipinski definition) is 0. The van der Waals surface area contributed by atoms with Crippen LogP contribution in [0.15, 0.2) is 48.8 Å². The number of aryl methyl sites for hydroxylation is 2. The first-order valence-electron chi connectivity index (χ1n) is 9.39. The van der Waals surface area contributed by atoms with Gasteiger partial charge in [-0.15, -0.1) is 0 Å².